The van der Waals surface area contributed by atoms with Gasteiger partial charge in [-0.05, 0) is 63.0 Å². The molecule has 1 saturated heterocycles. The summed E-state index contributed by atoms with van der Waals surface area (Å²) in [5.74, 6) is 1.16. The first-order valence-corrected chi connectivity index (χ1v) is 9.15. The lowest BCUT2D eigenvalue weighted by molar-refractivity contribution is 0.203. The van der Waals surface area contributed by atoms with E-state index in [1.54, 1.807) is 6.20 Å². The number of piperidine rings is 1. The van der Waals surface area contributed by atoms with Crippen LogP contribution in [0.25, 0.3) is 22.2 Å². The zero-order valence-corrected chi connectivity index (χ0v) is 14.9. The molecule has 1 atom stereocenters. The van der Waals surface area contributed by atoms with Gasteiger partial charge in [0.1, 0.15) is 5.82 Å². The van der Waals surface area contributed by atoms with Crippen molar-refractivity contribution in [1.82, 2.24) is 25.1 Å². The van der Waals surface area contributed by atoms with Gasteiger partial charge < -0.3 is 16.0 Å². The predicted octanol–water partition coefficient (Wildman–Crippen LogP) is 2.50. The Hall–Kier alpha value is -2.67. The molecule has 7 heteroatoms. The van der Waals surface area contributed by atoms with E-state index in [2.05, 4.69) is 49.6 Å². The molecule has 1 unspecified atom stereocenters. The lowest BCUT2D eigenvalue weighted by Gasteiger charge is -2.30. The molecule has 0 amide bonds. The van der Waals surface area contributed by atoms with Crippen molar-refractivity contribution < 1.29 is 0 Å². The van der Waals surface area contributed by atoms with Gasteiger partial charge in [0.25, 0.3) is 0 Å². The van der Waals surface area contributed by atoms with Crippen LogP contribution in [0.1, 0.15) is 19.3 Å². The van der Waals surface area contributed by atoms with Crippen molar-refractivity contribution >= 4 is 22.7 Å². The van der Waals surface area contributed by atoms with Crippen LogP contribution in [0.3, 0.4) is 0 Å². The largest absolute Gasteiger partial charge is 0.368 e. The van der Waals surface area contributed by atoms with Gasteiger partial charge in [0.2, 0.25) is 5.95 Å². The molecule has 1 aromatic carbocycles. The number of anilines is 2. The summed E-state index contributed by atoms with van der Waals surface area (Å²) >= 11 is 0. The first kappa shape index (κ1) is 15.6. The number of nitrogens with two attached hydrogens (primary N) is 1. The molecule has 3 aromatic rings. The number of nitrogens with zero attached hydrogens (tertiary/aromatic N) is 4. The van der Waals surface area contributed by atoms with E-state index in [0.29, 0.717) is 17.4 Å². The predicted molar refractivity (Wildman–Crippen MR) is 103 cm³/mol. The summed E-state index contributed by atoms with van der Waals surface area (Å²) in [5.41, 5.74) is 9.28. The van der Waals surface area contributed by atoms with E-state index in [9.17, 15) is 0 Å². The summed E-state index contributed by atoms with van der Waals surface area (Å²) in [6.07, 6.45) is 5.47. The van der Waals surface area contributed by atoms with E-state index in [4.69, 9.17) is 5.73 Å². The fraction of sp³-hybridized carbons (Fsp3) is 0.421. The van der Waals surface area contributed by atoms with Crippen molar-refractivity contribution in [2.75, 3.05) is 31.2 Å². The number of nitrogens with one attached hydrogen (secondary N) is 2. The molecule has 7 nitrogen and oxygen atoms in total. The summed E-state index contributed by atoms with van der Waals surface area (Å²) in [6, 6.07) is 8.60. The normalized spacial score (nSPS) is 22.0. The number of benzene rings is 1. The molecule has 5 rings (SSSR count). The minimum absolute atomic E-state index is 0.305. The smallest absolute Gasteiger partial charge is 0.222 e. The molecule has 4 N–H and O–H groups in total. The Balaban J connectivity index is 1.45. The molecular weight excluding hydrogens is 326 g/mol. The molecule has 0 radical (unpaired) electrons. The minimum atomic E-state index is 0.305. The van der Waals surface area contributed by atoms with Gasteiger partial charge in [-0.15, -0.1) is 0 Å². The quantitative estimate of drug-likeness (QED) is 0.672. The number of nitrogen functional groups attached to an aromatic ring is 1. The number of likely N-dealkylation sites (tertiary alicyclic amines) is 1. The molecule has 26 heavy (non-hydrogen) atoms. The van der Waals surface area contributed by atoms with Gasteiger partial charge in [0.05, 0.1) is 11.2 Å². The average molecular weight is 349 g/mol. The van der Waals surface area contributed by atoms with Gasteiger partial charge in [0.15, 0.2) is 0 Å². The van der Waals surface area contributed by atoms with E-state index in [0.717, 1.165) is 28.0 Å². The third-order valence-corrected chi connectivity index (χ3v) is 6.01. The molecule has 2 aliphatic rings. The SMILES string of the molecule is CN1CCC2(CC1)CC2Nc1nc(N)nc2cc(-c3ccn[nH]3)ccc12. The zero-order chi connectivity index (χ0) is 17.7. The molecule has 1 spiro atoms. The van der Waals surface area contributed by atoms with Crippen LogP contribution in [0.2, 0.25) is 0 Å². The van der Waals surface area contributed by atoms with E-state index < -0.39 is 0 Å². The van der Waals surface area contributed by atoms with Gasteiger partial charge >= 0.3 is 0 Å². The van der Waals surface area contributed by atoms with Crippen molar-refractivity contribution in [3.8, 4) is 11.3 Å². The summed E-state index contributed by atoms with van der Waals surface area (Å²) in [6.45, 7) is 2.36. The summed E-state index contributed by atoms with van der Waals surface area (Å²) in [5, 5.41) is 11.7. The second-order valence-electron chi connectivity index (χ2n) is 7.70. The number of aromatic amines is 1. The zero-order valence-electron chi connectivity index (χ0n) is 14.9. The van der Waals surface area contributed by atoms with E-state index >= 15 is 0 Å². The Morgan fingerprint density at radius 2 is 2.08 bits per heavy atom. The van der Waals surface area contributed by atoms with Crippen LogP contribution in [0.4, 0.5) is 11.8 Å². The molecule has 134 valence electrons. The van der Waals surface area contributed by atoms with Crippen LogP contribution in [-0.2, 0) is 0 Å². The van der Waals surface area contributed by atoms with Gasteiger partial charge in [0, 0.05) is 23.2 Å². The third kappa shape index (κ3) is 2.59. The van der Waals surface area contributed by atoms with Crippen LogP contribution in [-0.4, -0.2) is 51.2 Å². The van der Waals surface area contributed by atoms with Crippen LogP contribution in [0.15, 0.2) is 30.5 Å². The highest BCUT2D eigenvalue weighted by Gasteiger charge is 2.54. The summed E-state index contributed by atoms with van der Waals surface area (Å²) < 4.78 is 0. The summed E-state index contributed by atoms with van der Waals surface area (Å²) in [4.78, 5) is 11.3. The van der Waals surface area contributed by atoms with Crippen molar-refractivity contribution in [2.24, 2.45) is 5.41 Å². The summed E-state index contributed by atoms with van der Waals surface area (Å²) in [7, 11) is 2.20. The Bertz CT molecular complexity index is 942. The third-order valence-electron chi connectivity index (χ3n) is 6.01. The molecule has 2 aromatic heterocycles. The first-order chi connectivity index (χ1) is 12.6. The lowest BCUT2D eigenvalue weighted by atomic mass is 9.93. The van der Waals surface area contributed by atoms with Crippen molar-refractivity contribution in [2.45, 2.75) is 25.3 Å². The standard InChI is InChI=1S/C19H23N7/c1-26-8-5-19(6-9-26)11-16(19)23-17-13-3-2-12(14-4-7-21-25-14)10-15(13)22-18(20)24-17/h2-4,7,10,16H,5-6,8-9,11H2,1H3,(H,21,25)(H3,20,22,23,24). The topological polar surface area (TPSA) is 95.8 Å². The highest BCUT2D eigenvalue weighted by atomic mass is 15.2. The fourth-order valence-electron chi connectivity index (χ4n) is 4.17. The monoisotopic (exact) mass is 349 g/mol. The van der Waals surface area contributed by atoms with Gasteiger partial charge in [-0.25, -0.2) is 4.98 Å². The number of hydrogen-bond donors (Lipinski definition) is 3. The maximum Gasteiger partial charge on any atom is 0.222 e. The lowest BCUT2D eigenvalue weighted by Crippen LogP contribution is -2.33. The molecule has 1 aliphatic heterocycles. The number of H-pyrrole nitrogens is 1. The highest BCUT2D eigenvalue weighted by Crippen LogP contribution is 2.55. The van der Waals surface area contributed by atoms with Crippen molar-refractivity contribution in [3.63, 3.8) is 0 Å². The molecular formula is C19H23N7. The number of aromatic nitrogens is 4. The Morgan fingerprint density at radius 3 is 2.85 bits per heavy atom. The maximum atomic E-state index is 5.99. The van der Waals surface area contributed by atoms with Gasteiger partial charge in [-0.3, -0.25) is 5.10 Å². The van der Waals surface area contributed by atoms with Gasteiger partial charge in [-0.2, -0.15) is 10.1 Å². The minimum Gasteiger partial charge on any atom is -0.368 e. The average Bonchev–Trinajstić information content (AvgIpc) is 3.05. The first-order valence-electron chi connectivity index (χ1n) is 9.15. The molecule has 1 saturated carbocycles. The second kappa shape index (κ2) is 5.67. The maximum absolute atomic E-state index is 5.99. The fourth-order valence-corrected chi connectivity index (χ4v) is 4.17. The molecule has 0 bridgehead atoms. The van der Waals surface area contributed by atoms with Crippen LogP contribution < -0.4 is 11.1 Å². The molecule has 1 aliphatic carbocycles. The molecule has 2 fully saturated rings. The Kier molecular flexibility index (Phi) is 3.40. The number of rotatable bonds is 3. The van der Waals surface area contributed by atoms with E-state index in [1.807, 2.05) is 12.1 Å². The highest BCUT2D eigenvalue weighted by molar-refractivity contribution is 5.92. The van der Waals surface area contributed by atoms with Crippen LogP contribution in [0.5, 0.6) is 0 Å². The van der Waals surface area contributed by atoms with Gasteiger partial charge in [-0.1, -0.05) is 6.07 Å². The van der Waals surface area contributed by atoms with E-state index in [-0.39, 0.29) is 0 Å². The second-order valence-corrected chi connectivity index (χ2v) is 7.70. The van der Waals surface area contributed by atoms with Crippen LogP contribution >= 0.6 is 0 Å². The van der Waals surface area contributed by atoms with E-state index in [1.165, 1.54) is 32.4 Å². The number of hydrogen-bond acceptors (Lipinski definition) is 6. The van der Waals surface area contributed by atoms with Crippen molar-refractivity contribution in [3.05, 3.63) is 30.5 Å². The molecule has 3 heterocycles. The Morgan fingerprint density at radius 1 is 1.23 bits per heavy atom. The number of fused-ring (bicyclic) bond motifs is 1. The Labute approximate surface area is 152 Å². The van der Waals surface area contributed by atoms with Crippen molar-refractivity contribution in [1.29, 1.82) is 0 Å². The van der Waals surface area contributed by atoms with Crippen LogP contribution in [0, 0.1) is 5.41 Å².